The van der Waals surface area contributed by atoms with Crippen molar-refractivity contribution in [2.24, 2.45) is 7.05 Å². The summed E-state index contributed by atoms with van der Waals surface area (Å²) < 4.78 is 16.0. The highest BCUT2D eigenvalue weighted by Crippen LogP contribution is 2.20. The van der Waals surface area contributed by atoms with E-state index in [1.165, 1.54) is 12.1 Å². The molecular weight excluding hydrogens is 299 g/mol. The highest BCUT2D eigenvalue weighted by Gasteiger charge is 2.13. The molecule has 0 aliphatic heterocycles. The Morgan fingerprint density at radius 2 is 2.06 bits per heavy atom. The van der Waals surface area contributed by atoms with Crippen molar-refractivity contribution in [3.63, 3.8) is 0 Å². The predicted octanol–water partition coefficient (Wildman–Crippen LogP) is 3.49. The molecule has 0 bridgehead atoms. The number of amides is 1. The van der Waals surface area contributed by atoms with Gasteiger partial charge in [0.05, 0.1) is 5.69 Å². The first-order chi connectivity index (χ1) is 8.49. The second kappa shape index (κ2) is 4.94. The normalized spacial score (nSPS) is 10.4. The van der Waals surface area contributed by atoms with Crippen LogP contribution in [-0.4, -0.2) is 10.5 Å². The summed E-state index contributed by atoms with van der Waals surface area (Å²) in [6.45, 7) is 1.90. The molecular formula is C13H12BrFN2O. The van der Waals surface area contributed by atoms with Crippen LogP contribution < -0.4 is 5.32 Å². The number of carbonyl (C=O) groups is 1. The largest absolute Gasteiger partial charge is 0.344 e. The Hall–Kier alpha value is -1.62. The first-order valence-corrected chi connectivity index (χ1v) is 6.17. The summed E-state index contributed by atoms with van der Waals surface area (Å²) in [7, 11) is 1.79. The van der Waals surface area contributed by atoms with Gasteiger partial charge < -0.3 is 9.88 Å². The van der Waals surface area contributed by atoms with Crippen LogP contribution in [-0.2, 0) is 7.05 Å². The Kier molecular flexibility index (Phi) is 3.52. The van der Waals surface area contributed by atoms with Crippen molar-refractivity contribution in [3.8, 4) is 0 Å². The van der Waals surface area contributed by atoms with Crippen molar-refractivity contribution in [2.45, 2.75) is 6.92 Å². The van der Waals surface area contributed by atoms with Gasteiger partial charge in [-0.3, -0.25) is 4.79 Å². The van der Waals surface area contributed by atoms with Gasteiger partial charge in [0.2, 0.25) is 0 Å². The molecule has 2 rings (SSSR count). The molecule has 18 heavy (non-hydrogen) atoms. The lowest BCUT2D eigenvalue weighted by molar-refractivity contribution is 0.101. The number of halogens is 2. The molecule has 0 fully saturated rings. The van der Waals surface area contributed by atoms with Crippen LogP contribution >= 0.6 is 15.9 Å². The fraction of sp³-hybridized carbons (Fsp3) is 0.154. The van der Waals surface area contributed by atoms with Gasteiger partial charge >= 0.3 is 0 Å². The van der Waals surface area contributed by atoms with E-state index in [1.807, 2.05) is 13.0 Å². The average molecular weight is 311 g/mol. The summed E-state index contributed by atoms with van der Waals surface area (Å²) in [5.41, 5.74) is 1.63. The van der Waals surface area contributed by atoms with Gasteiger partial charge in [-0.25, -0.2) is 4.39 Å². The maximum Gasteiger partial charge on any atom is 0.272 e. The van der Waals surface area contributed by atoms with Crippen molar-refractivity contribution in [2.75, 3.05) is 5.32 Å². The van der Waals surface area contributed by atoms with Crippen LogP contribution in [0.4, 0.5) is 10.1 Å². The number of anilines is 1. The first-order valence-electron chi connectivity index (χ1n) is 5.38. The van der Waals surface area contributed by atoms with E-state index in [0.717, 1.165) is 5.69 Å². The molecule has 3 nitrogen and oxygen atoms in total. The number of aryl methyl sites for hydroxylation is 1. The molecule has 1 aromatic heterocycles. The molecule has 0 saturated carbocycles. The van der Waals surface area contributed by atoms with Gasteiger partial charge in [-0.2, -0.15) is 0 Å². The van der Waals surface area contributed by atoms with Crippen LogP contribution in [0.1, 0.15) is 16.2 Å². The van der Waals surface area contributed by atoms with Crippen LogP contribution in [0.5, 0.6) is 0 Å². The molecule has 0 unspecified atom stereocenters. The lowest BCUT2D eigenvalue weighted by Crippen LogP contribution is -2.16. The van der Waals surface area contributed by atoms with E-state index in [2.05, 4.69) is 21.2 Å². The van der Waals surface area contributed by atoms with Crippen molar-refractivity contribution >= 4 is 27.5 Å². The van der Waals surface area contributed by atoms with Crippen molar-refractivity contribution in [3.05, 3.63) is 52.0 Å². The van der Waals surface area contributed by atoms with Crippen LogP contribution in [0.25, 0.3) is 0 Å². The zero-order chi connectivity index (χ0) is 13.3. The number of aromatic nitrogens is 1. The van der Waals surface area contributed by atoms with Gasteiger partial charge in [0.1, 0.15) is 11.5 Å². The molecule has 0 saturated heterocycles. The van der Waals surface area contributed by atoms with Crippen LogP contribution in [0.15, 0.2) is 34.8 Å². The minimum absolute atomic E-state index is 0.169. The summed E-state index contributed by atoms with van der Waals surface area (Å²) in [5.74, 6) is -0.796. The van der Waals surface area contributed by atoms with Gasteiger partial charge in [0.15, 0.2) is 0 Å². The summed E-state index contributed by atoms with van der Waals surface area (Å²) in [6.07, 6.45) is 0. The molecule has 0 aliphatic rings. The Morgan fingerprint density at radius 1 is 1.33 bits per heavy atom. The highest BCUT2D eigenvalue weighted by atomic mass is 79.9. The topological polar surface area (TPSA) is 34.0 Å². The van der Waals surface area contributed by atoms with Gasteiger partial charge in [-0.15, -0.1) is 0 Å². The standard InChI is InChI=1S/C13H12BrFN2O/c1-8-3-6-12(17(8)2)13(18)16-11-5-4-9(14)7-10(11)15/h3-7H,1-2H3,(H,16,18). The predicted molar refractivity (Wildman–Crippen MR) is 72.2 cm³/mol. The van der Waals surface area contributed by atoms with Crippen LogP contribution in [0, 0.1) is 12.7 Å². The second-order valence-corrected chi connectivity index (χ2v) is 4.91. The minimum atomic E-state index is -0.469. The van der Waals surface area contributed by atoms with E-state index in [-0.39, 0.29) is 11.6 Å². The molecule has 2 aromatic rings. The number of benzene rings is 1. The third kappa shape index (κ3) is 2.46. The summed E-state index contributed by atoms with van der Waals surface area (Å²) in [4.78, 5) is 12.0. The Morgan fingerprint density at radius 3 is 2.61 bits per heavy atom. The lowest BCUT2D eigenvalue weighted by Gasteiger charge is -2.08. The van der Waals surface area contributed by atoms with Crippen LogP contribution in [0.3, 0.4) is 0 Å². The van der Waals surface area contributed by atoms with Crippen molar-refractivity contribution < 1.29 is 9.18 Å². The molecule has 0 spiro atoms. The fourth-order valence-corrected chi connectivity index (χ4v) is 1.95. The number of hydrogen-bond acceptors (Lipinski definition) is 1. The smallest absolute Gasteiger partial charge is 0.272 e. The molecule has 0 radical (unpaired) electrons. The number of nitrogens with one attached hydrogen (secondary N) is 1. The average Bonchev–Trinajstić information content (AvgIpc) is 2.64. The third-order valence-electron chi connectivity index (χ3n) is 2.78. The van der Waals surface area contributed by atoms with E-state index < -0.39 is 5.82 Å². The maximum absolute atomic E-state index is 13.6. The fourth-order valence-electron chi connectivity index (χ4n) is 1.62. The maximum atomic E-state index is 13.6. The van der Waals surface area contributed by atoms with Gasteiger partial charge in [-0.05, 0) is 37.3 Å². The van der Waals surface area contributed by atoms with E-state index in [1.54, 1.807) is 23.7 Å². The lowest BCUT2D eigenvalue weighted by atomic mass is 10.3. The molecule has 94 valence electrons. The highest BCUT2D eigenvalue weighted by molar-refractivity contribution is 9.10. The second-order valence-electron chi connectivity index (χ2n) is 4.00. The molecule has 1 heterocycles. The first kappa shape index (κ1) is 12.8. The molecule has 0 atom stereocenters. The summed E-state index contributed by atoms with van der Waals surface area (Å²) in [5, 5.41) is 2.55. The van der Waals surface area contributed by atoms with Gasteiger partial charge in [-0.1, -0.05) is 15.9 Å². The zero-order valence-corrected chi connectivity index (χ0v) is 11.6. The van der Waals surface area contributed by atoms with Crippen molar-refractivity contribution in [1.82, 2.24) is 4.57 Å². The van der Waals surface area contributed by atoms with E-state index in [9.17, 15) is 9.18 Å². The molecule has 5 heteroatoms. The molecule has 0 aliphatic carbocycles. The van der Waals surface area contributed by atoms with Gasteiger partial charge in [0, 0.05) is 17.2 Å². The summed E-state index contributed by atoms with van der Waals surface area (Å²) >= 11 is 3.17. The number of hydrogen-bond donors (Lipinski definition) is 1. The number of carbonyl (C=O) groups excluding carboxylic acids is 1. The minimum Gasteiger partial charge on any atom is -0.344 e. The van der Waals surface area contributed by atoms with Crippen LogP contribution in [0.2, 0.25) is 0 Å². The molecule has 1 aromatic carbocycles. The van der Waals surface area contributed by atoms with Crippen molar-refractivity contribution in [1.29, 1.82) is 0 Å². The SMILES string of the molecule is Cc1ccc(C(=O)Nc2ccc(Br)cc2F)n1C. The molecule has 1 amide bonds. The Bertz CT molecular complexity index is 607. The molecule has 1 N–H and O–H groups in total. The quantitative estimate of drug-likeness (QED) is 0.905. The third-order valence-corrected chi connectivity index (χ3v) is 3.28. The van der Waals surface area contributed by atoms with E-state index in [0.29, 0.717) is 10.2 Å². The number of rotatable bonds is 2. The van der Waals surface area contributed by atoms with E-state index in [4.69, 9.17) is 0 Å². The van der Waals surface area contributed by atoms with E-state index >= 15 is 0 Å². The van der Waals surface area contributed by atoms with Gasteiger partial charge in [0.25, 0.3) is 5.91 Å². The Labute approximate surface area is 113 Å². The zero-order valence-electron chi connectivity index (χ0n) is 10.00. The number of nitrogens with zero attached hydrogens (tertiary/aromatic N) is 1. The monoisotopic (exact) mass is 310 g/mol. The Balaban J connectivity index is 2.24. The summed E-state index contributed by atoms with van der Waals surface area (Å²) in [6, 6.07) is 8.06.